The molecule has 1 aromatic rings. The topological polar surface area (TPSA) is 103 Å². The first-order valence-corrected chi connectivity index (χ1v) is 9.70. The normalized spacial score (nSPS) is 13.1. The monoisotopic (exact) mass is 381 g/mol. The van der Waals surface area contributed by atoms with Crippen LogP contribution in [0.3, 0.4) is 0 Å². The second-order valence-electron chi connectivity index (χ2n) is 5.19. The van der Waals surface area contributed by atoms with Crippen LogP contribution in [0, 0.1) is 22.5 Å². The molecular formula is C17H24N3O5P. The molecule has 1 unspecified atom stereocenters. The molecule has 0 saturated carbocycles. The molecule has 0 spiro atoms. The highest BCUT2D eigenvalue weighted by atomic mass is 31.2. The third-order valence-electron chi connectivity index (χ3n) is 3.18. The lowest BCUT2D eigenvalue weighted by Gasteiger charge is -2.22. The van der Waals surface area contributed by atoms with Crippen LogP contribution in [0.2, 0.25) is 0 Å². The molecule has 0 fully saturated rings. The van der Waals surface area contributed by atoms with Gasteiger partial charge in [0.25, 0.3) is 5.69 Å². The number of anilines is 1. The maximum absolute atomic E-state index is 13.2. The molecule has 8 nitrogen and oxygen atoms in total. The molecule has 0 heterocycles. The molecule has 0 aliphatic rings. The van der Waals surface area contributed by atoms with Gasteiger partial charge in [0.1, 0.15) is 5.44 Å². The Morgan fingerprint density at radius 2 is 1.92 bits per heavy atom. The maximum Gasteiger partial charge on any atom is 0.377 e. The summed E-state index contributed by atoms with van der Waals surface area (Å²) < 4.78 is 23.9. The molecule has 142 valence electrons. The summed E-state index contributed by atoms with van der Waals surface area (Å²) in [6.45, 7) is 6.02. The lowest BCUT2D eigenvalue weighted by molar-refractivity contribution is -0.384. The molecule has 0 saturated heterocycles. The third kappa shape index (κ3) is 6.62. The van der Waals surface area contributed by atoms with E-state index in [0.717, 1.165) is 0 Å². The van der Waals surface area contributed by atoms with Crippen molar-refractivity contribution >= 4 is 19.0 Å². The number of benzene rings is 1. The third-order valence-corrected chi connectivity index (χ3v) is 5.22. The molecule has 9 heteroatoms. The average molecular weight is 381 g/mol. The smallest absolute Gasteiger partial charge is 0.349 e. The van der Waals surface area contributed by atoms with Gasteiger partial charge in [-0.15, -0.1) is 6.42 Å². The molecule has 0 amide bonds. The zero-order chi connectivity index (χ0) is 19.6. The molecule has 0 bridgehead atoms. The number of rotatable bonds is 11. The van der Waals surface area contributed by atoms with Gasteiger partial charge in [-0.2, -0.15) is 0 Å². The second-order valence-corrected chi connectivity index (χ2v) is 7.18. The van der Waals surface area contributed by atoms with Crippen LogP contribution < -0.4 is 10.6 Å². The summed E-state index contributed by atoms with van der Waals surface area (Å²) in [5.74, 6) is 2.47. The van der Waals surface area contributed by atoms with Crippen molar-refractivity contribution in [3.8, 4) is 12.3 Å². The minimum Gasteiger partial charge on any atom is -0.349 e. The van der Waals surface area contributed by atoms with Gasteiger partial charge in [0.05, 0.1) is 24.7 Å². The van der Waals surface area contributed by atoms with Crippen molar-refractivity contribution in [2.24, 2.45) is 0 Å². The maximum atomic E-state index is 13.2. The fourth-order valence-corrected chi connectivity index (χ4v) is 3.75. The minimum atomic E-state index is -3.59. The Kier molecular flexibility index (Phi) is 9.03. The van der Waals surface area contributed by atoms with Crippen LogP contribution in [0.15, 0.2) is 35.8 Å². The predicted octanol–water partition coefficient (Wildman–Crippen LogP) is 3.73. The van der Waals surface area contributed by atoms with E-state index in [2.05, 4.69) is 16.6 Å². The zero-order valence-corrected chi connectivity index (χ0v) is 16.0. The number of non-ortho nitro benzene ring substituents is 1. The largest absolute Gasteiger partial charge is 0.377 e. The highest BCUT2D eigenvalue weighted by molar-refractivity contribution is 7.58. The molecule has 0 aromatic heterocycles. The van der Waals surface area contributed by atoms with Crippen LogP contribution >= 0.6 is 7.60 Å². The Balaban J connectivity index is 3.17. The first-order valence-electron chi connectivity index (χ1n) is 8.16. The van der Waals surface area contributed by atoms with E-state index >= 15 is 0 Å². The van der Waals surface area contributed by atoms with Gasteiger partial charge in [0, 0.05) is 23.9 Å². The number of nitrogens with one attached hydrogen (secondary N) is 2. The highest BCUT2D eigenvalue weighted by Crippen LogP contribution is 2.56. The zero-order valence-electron chi connectivity index (χ0n) is 15.1. The van der Waals surface area contributed by atoms with Gasteiger partial charge < -0.3 is 19.7 Å². The van der Waals surface area contributed by atoms with E-state index in [9.17, 15) is 14.7 Å². The fourth-order valence-electron chi connectivity index (χ4n) is 2.05. The van der Waals surface area contributed by atoms with Gasteiger partial charge >= 0.3 is 7.60 Å². The Morgan fingerprint density at radius 3 is 2.38 bits per heavy atom. The van der Waals surface area contributed by atoms with Gasteiger partial charge in [-0.3, -0.25) is 14.7 Å². The van der Waals surface area contributed by atoms with Gasteiger partial charge in [0.15, 0.2) is 0 Å². The molecule has 26 heavy (non-hydrogen) atoms. The summed E-state index contributed by atoms with van der Waals surface area (Å²) in [5, 5.41) is 16.8. The molecule has 2 N–H and O–H groups in total. The number of nitro benzene ring substituents is 1. The van der Waals surface area contributed by atoms with E-state index in [4.69, 9.17) is 15.5 Å². The summed E-state index contributed by atoms with van der Waals surface area (Å²) >= 11 is 0. The minimum absolute atomic E-state index is 0.0390. The number of terminal acetylenes is 1. The van der Waals surface area contributed by atoms with E-state index in [1.54, 1.807) is 19.9 Å². The molecule has 1 atom stereocenters. The van der Waals surface area contributed by atoms with E-state index in [-0.39, 0.29) is 30.4 Å². The first kappa shape index (κ1) is 21.9. The van der Waals surface area contributed by atoms with Crippen LogP contribution in [0.5, 0.6) is 0 Å². The van der Waals surface area contributed by atoms with Crippen molar-refractivity contribution in [2.45, 2.75) is 26.8 Å². The van der Waals surface area contributed by atoms with Gasteiger partial charge in [-0.1, -0.05) is 5.92 Å². The second kappa shape index (κ2) is 10.7. The lowest BCUT2D eigenvalue weighted by atomic mass is 10.3. The van der Waals surface area contributed by atoms with Crippen molar-refractivity contribution in [1.82, 2.24) is 5.32 Å². The van der Waals surface area contributed by atoms with Crippen molar-refractivity contribution in [1.29, 1.82) is 0 Å². The quantitative estimate of drug-likeness (QED) is 0.261. The van der Waals surface area contributed by atoms with E-state index in [1.807, 2.05) is 6.92 Å². The Bertz CT molecular complexity index is 702. The summed E-state index contributed by atoms with van der Waals surface area (Å²) in [4.78, 5) is 10.3. The summed E-state index contributed by atoms with van der Waals surface area (Å²) in [6.07, 6.45) is 6.91. The van der Waals surface area contributed by atoms with Crippen molar-refractivity contribution in [3.63, 3.8) is 0 Å². The number of hydrogen-bond donors (Lipinski definition) is 2. The van der Waals surface area contributed by atoms with Gasteiger partial charge in [-0.25, -0.2) is 0 Å². The standard InChI is InChI=1S/C17H24N3O5P/c1-5-12-18-14(4)13-17(26(23,24-6-2)25-7-3)19-15-8-10-16(11-9-15)20(21)22/h1,8-11,13-14,18-19H,6-7,12H2,2-4H3/b17-13+. The van der Waals surface area contributed by atoms with Gasteiger partial charge in [0.2, 0.25) is 0 Å². The van der Waals surface area contributed by atoms with Crippen LogP contribution in [0.4, 0.5) is 11.4 Å². The molecular weight excluding hydrogens is 357 g/mol. The predicted molar refractivity (Wildman–Crippen MR) is 102 cm³/mol. The van der Waals surface area contributed by atoms with Crippen LogP contribution in [0.1, 0.15) is 20.8 Å². The highest BCUT2D eigenvalue weighted by Gasteiger charge is 2.30. The van der Waals surface area contributed by atoms with E-state index < -0.39 is 12.5 Å². The first-order chi connectivity index (χ1) is 12.4. The SMILES string of the molecule is C#CCNC(C)/C=C(\Nc1ccc([N+](=O)[O-])cc1)P(=O)(OCC)OCC. The molecule has 0 aliphatic carbocycles. The van der Waals surface area contributed by atoms with Crippen LogP contribution in [-0.2, 0) is 13.6 Å². The van der Waals surface area contributed by atoms with E-state index in [1.165, 1.54) is 24.3 Å². The van der Waals surface area contributed by atoms with Crippen LogP contribution in [-0.4, -0.2) is 30.7 Å². The molecule has 0 aliphatic heterocycles. The average Bonchev–Trinajstić information content (AvgIpc) is 2.60. The fraction of sp³-hybridized carbons (Fsp3) is 0.412. The summed E-state index contributed by atoms with van der Waals surface area (Å²) in [6, 6.07) is 5.54. The summed E-state index contributed by atoms with van der Waals surface area (Å²) in [7, 11) is -3.59. The number of nitro groups is 1. The lowest BCUT2D eigenvalue weighted by Crippen LogP contribution is -2.25. The van der Waals surface area contributed by atoms with Gasteiger partial charge in [-0.05, 0) is 39.0 Å². The number of nitrogens with zero attached hydrogens (tertiary/aromatic N) is 1. The number of hydrogen-bond acceptors (Lipinski definition) is 7. The van der Waals surface area contributed by atoms with Crippen molar-refractivity contribution in [2.75, 3.05) is 25.1 Å². The van der Waals surface area contributed by atoms with Crippen molar-refractivity contribution < 1.29 is 18.5 Å². The Hall–Kier alpha value is -2.17. The van der Waals surface area contributed by atoms with Crippen LogP contribution in [0.25, 0.3) is 0 Å². The van der Waals surface area contributed by atoms with E-state index in [0.29, 0.717) is 12.2 Å². The van der Waals surface area contributed by atoms with Crippen molar-refractivity contribution in [3.05, 3.63) is 45.9 Å². The Morgan fingerprint density at radius 1 is 1.35 bits per heavy atom. The molecule has 1 rings (SSSR count). The summed E-state index contributed by atoms with van der Waals surface area (Å²) in [5.41, 5.74) is 0.723. The molecule has 1 aromatic carbocycles. The molecule has 0 radical (unpaired) electrons. The Labute approximate surface area is 153 Å².